The first kappa shape index (κ1) is 13.7. The lowest BCUT2D eigenvalue weighted by molar-refractivity contribution is 0.893. The Balaban J connectivity index is 2.07. The normalized spacial score (nSPS) is 16.6. The van der Waals surface area contributed by atoms with E-state index in [1.165, 1.54) is 25.0 Å². The van der Waals surface area contributed by atoms with Gasteiger partial charge in [-0.2, -0.15) is 11.8 Å². The maximum absolute atomic E-state index is 4.71. The van der Waals surface area contributed by atoms with E-state index in [9.17, 15) is 0 Å². The van der Waals surface area contributed by atoms with E-state index in [2.05, 4.69) is 37.1 Å². The number of rotatable bonds is 7. The maximum atomic E-state index is 4.71. The summed E-state index contributed by atoms with van der Waals surface area (Å²) in [4.78, 5) is 9.31. The standard InChI is InChI=1S/C14H23N3S/c1-4-10(3)18-9-14-16-12(11-6-7-11)8-13(17-14)15-5-2/h8,10-11H,4-7,9H2,1-3H3,(H,15,16,17). The van der Waals surface area contributed by atoms with E-state index in [-0.39, 0.29) is 0 Å². The van der Waals surface area contributed by atoms with Crippen molar-refractivity contribution >= 4 is 17.6 Å². The molecule has 0 aliphatic heterocycles. The first-order valence-electron chi connectivity index (χ1n) is 6.96. The minimum atomic E-state index is 0.681. The average Bonchev–Trinajstić information content (AvgIpc) is 3.20. The van der Waals surface area contributed by atoms with Gasteiger partial charge in [-0.05, 0) is 26.2 Å². The molecule has 1 aromatic heterocycles. The van der Waals surface area contributed by atoms with Crippen molar-refractivity contribution in [3.63, 3.8) is 0 Å². The van der Waals surface area contributed by atoms with Crippen LogP contribution < -0.4 is 5.32 Å². The van der Waals surface area contributed by atoms with Gasteiger partial charge in [-0.3, -0.25) is 0 Å². The third-order valence-electron chi connectivity index (χ3n) is 3.22. The summed E-state index contributed by atoms with van der Waals surface area (Å²) in [6.45, 7) is 7.51. The monoisotopic (exact) mass is 265 g/mol. The van der Waals surface area contributed by atoms with Crippen molar-refractivity contribution in [3.8, 4) is 0 Å². The predicted molar refractivity (Wildman–Crippen MR) is 79.2 cm³/mol. The molecule has 0 bridgehead atoms. The Morgan fingerprint density at radius 3 is 2.78 bits per heavy atom. The molecule has 3 nitrogen and oxygen atoms in total. The van der Waals surface area contributed by atoms with Gasteiger partial charge in [0.05, 0.1) is 5.75 Å². The first-order chi connectivity index (χ1) is 8.72. The molecule has 100 valence electrons. The van der Waals surface area contributed by atoms with Crippen LogP contribution >= 0.6 is 11.8 Å². The molecule has 0 radical (unpaired) electrons. The van der Waals surface area contributed by atoms with E-state index >= 15 is 0 Å². The van der Waals surface area contributed by atoms with Gasteiger partial charge in [0.1, 0.15) is 11.6 Å². The molecule has 1 aromatic rings. The summed E-state index contributed by atoms with van der Waals surface area (Å²) in [5, 5.41) is 3.99. The second-order valence-electron chi connectivity index (χ2n) is 4.93. The second kappa shape index (κ2) is 6.41. The van der Waals surface area contributed by atoms with Crippen LogP contribution in [0.4, 0.5) is 5.82 Å². The van der Waals surface area contributed by atoms with Crippen LogP contribution in [-0.2, 0) is 5.75 Å². The molecule has 18 heavy (non-hydrogen) atoms. The number of hydrogen-bond acceptors (Lipinski definition) is 4. The lowest BCUT2D eigenvalue weighted by Gasteiger charge is -2.10. The molecular formula is C14H23N3S. The van der Waals surface area contributed by atoms with E-state index in [1.54, 1.807) is 0 Å². The van der Waals surface area contributed by atoms with Crippen LogP contribution in [0.15, 0.2) is 6.07 Å². The van der Waals surface area contributed by atoms with Gasteiger partial charge in [0, 0.05) is 29.5 Å². The molecule has 2 rings (SSSR count). The molecule has 0 aromatic carbocycles. The number of anilines is 1. The fourth-order valence-electron chi connectivity index (χ4n) is 1.78. The number of nitrogens with zero attached hydrogens (tertiary/aromatic N) is 2. The van der Waals surface area contributed by atoms with Crippen molar-refractivity contribution < 1.29 is 0 Å². The highest BCUT2D eigenvalue weighted by atomic mass is 32.2. The Morgan fingerprint density at radius 2 is 2.17 bits per heavy atom. The Bertz CT molecular complexity index is 391. The van der Waals surface area contributed by atoms with Gasteiger partial charge in [-0.1, -0.05) is 13.8 Å². The number of thioether (sulfide) groups is 1. The van der Waals surface area contributed by atoms with Crippen LogP contribution in [-0.4, -0.2) is 21.8 Å². The zero-order chi connectivity index (χ0) is 13.0. The van der Waals surface area contributed by atoms with Crippen molar-refractivity contribution in [2.75, 3.05) is 11.9 Å². The third-order valence-corrected chi connectivity index (χ3v) is 4.54. The molecule has 1 saturated carbocycles. The van der Waals surface area contributed by atoms with Crippen molar-refractivity contribution in [2.45, 2.75) is 57.0 Å². The minimum Gasteiger partial charge on any atom is -0.370 e. The van der Waals surface area contributed by atoms with Gasteiger partial charge < -0.3 is 5.32 Å². The molecule has 0 saturated heterocycles. The van der Waals surface area contributed by atoms with Crippen LogP contribution in [0.2, 0.25) is 0 Å². The van der Waals surface area contributed by atoms with Crippen molar-refractivity contribution in [1.29, 1.82) is 0 Å². The van der Waals surface area contributed by atoms with Crippen LogP contribution in [0.5, 0.6) is 0 Å². The Labute approximate surface area is 114 Å². The first-order valence-corrected chi connectivity index (χ1v) is 8.01. The summed E-state index contributed by atoms with van der Waals surface area (Å²) in [7, 11) is 0. The SMILES string of the molecule is CCNc1cc(C2CC2)nc(CSC(C)CC)n1. The van der Waals surface area contributed by atoms with Crippen molar-refractivity contribution in [2.24, 2.45) is 0 Å². The van der Waals surface area contributed by atoms with Crippen LogP contribution in [0.3, 0.4) is 0 Å². The van der Waals surface area contributed by atoms with Gasteiger partial charge in [-0.15, -0.1) is 0 Å². The lowest BCUT2D eigenvalue weighted by atomic mass is 10.2. The van der Waals surface area contributed by atoms with Gasteiger partial charge in [0.25, 0.3) is 0 Å². The molecule has 4 heteroatoms. The van der Waals surface area contributed by atoms with E-state index in [0.717, 1.165) is 23.9 Å². The highest BCUT2D eigenvalue weighted by molar-refractivity contribution is 7.99. The van der Waals surface area contributed by atoms with Crippen LogP contribution in [0.25, 0.3) is 0 Å². The molecule has 1 heterocycles. The minimum absolute atomic E-state index is 0.681. The third kappa shape index (κ3) is 3.87. The quantitative estimate of drug-likeness (QED) is 0.813. The molecule has 1 unspecified atom stereocenters. The Kier molecular flexibility index (Phi) is 4.87. The number of hydrogen-bond donors (Lipinski definition) is 1. The van der Waals surface area contributed by atoms with Gasteiger partial charge in [0.15, 0.2) is 0 Å². The molecule has 1 fully saturated rings. The van der Waals surface area contributed by atoms with Crippen molar-refractivity contribution in [3.05, 3.63) is 17.6 Å². The van der Waals surface area contributed by atoms with Gasteiger partial charge in [-0.25, -0.2) is 9.97 Å². The smallest absolute Gasteiger partial charge is 0.140 e. The van der Waals surface area contributed by atoms with E-state index in [1.807, 2.05) is 11.8 Å². The molecule has 1 aliphatic rings. The summed E-state index contributed by atoms with van der Waals surface area (Å²) in [5.41, 5.74) is 1.24. The highest BCUT2D eigenvalue weighted by Gasteiger charge is 2.26. The second-order valence-corrected chi connectivity index (χ2v) is 6.36. The molecule has 0 spiro atoms. The molecule has 1 aliphatic carbocycles. The van der Waals surface area contributed by atoms with Crippen LogP contribution in [0.1, 0.15) is 57.5 Å². The van der Waals surface area contributed by atoms with Gasteiger partial charge >= 0.3 is 0 Å². The molecule has 1 atom stereocenters. The molecular weight excluding hydrogens is 242 g/mol. The van der Waals surface area contributed by atoms with Gasteiger partial charge in [0.2, 0.25) is 0 Å². The van der Waals surface area contributed by atoms with E-state index in [0.29, 0.717) is 11.2 Å². The Hall–Kier alpha value is -0.770. The Morgan fingerprint density at radius 1 is 1.39 bits per heavy atom. The average molecular weight is 265 g/mol. The maximum Gasteiger partial charge on any atom is 0.140 e. The zero-order valence-corrected chi connectivity index (χ0v) is 12.4. The summed E-state index contributed by atoms with van der Waals surface area (Å²) in [6, 6.07) is 2.12. The fourth-order valence-corrected chi connectivity index (χ4v) is 2.58. The predicted octanol–water partition coefficient (Wildman–Crippen LogP) is 3.82. The highest BCUT2D eigenvalue weighted by Crippen LogP contribution is 2.39. The summed E-state index contributed by atoms with van der Waals surface area (Å²) in [5.74, 6) is 3.60. The largest absolute Gasteiger partial charge is 0.370 e. The number of aromatic nitrogens is 2. The summed E-state index contributed by atoms with van der Waals surface area (Å²) < 4.78 is 0. The van der Waals surface area contributed by atoms with E-state index < -0.39 is 0 Å². The number of nitrogens with one attached hydrogen (secondary N) is 1. The molecule has 1 N–H and O–H groups in total. The lowest BCUT2D eigenvalue weighted by Crippen LogP contribution is -2.06. The summed E-state index contributed by atoms with van der Waals surface area (Å²) >= 11 is 1.94. The van der Waals surface area contributed by atoms with Crippen LogP contribution in [0, 0.1) is 0 Å². The fraction of sp³-hybridized carbons (Fsp3) is 0.714. The topological polar surface area (TPSA) is 37.8 Å². The zero-order valence-electron chi connectivity index (χ0n) is 11.6. The van der Waals surface area contributed by atoms with E-state index in [4.69, 9.17) is 4.98 Å². The van der Waals surface area contributed by atoms with Crippen molar-refractivity contribution in [1.82, 2.24) is 9.97 Å². The summed E-state index contributed by atoms with van der Waals surface area (Å²) in [6.07, 6.45) is 3.79. The molecule has 0 amide bonds.